The highest BCUT2D eigenvalue weighted by molar-refractivity contribution is 7.13. The Hall–Kier alpha value is -1.73. The van der Waals surface area contributed by atoms with Gasteiger partial charge in [-0.25, -0.2) is 8.94 Å². The highest BCUT2D eigenvalue weighted by atomic mass is 35.5. The van der Waals surface area contributed by atoms with Crippen LogP contribution in [0.25, 0.3) is 15.9 Å². The maximum atomic E-state index is 12.7. The number of hydrogen-bond acceptors (Lipinski definition) is 5. The molecule has 0 bridgehead atoms. The summed E-state index contributed by atoms with van der Waals surface area (Å²) >= 11 is 7.79. The summed E-state index contributed by atoms with van der Waals surface area (Å²) in [5.74, 6) is 0. The summed E-state index contributed by atoms with van der Waals surface area (Å²) in [5, 5.41) is 1.36. The van der Waals surface area contributed by atoms with E-state index in [2.05, 4.69) is 23.7 Å². The number of halogens is 1. The molecule has 0 radical (unpaired) electrons. The van der Waals surface area contributed by atoms with Gasteiger partial charge in [-0.3, -0.25) is 9.69 Å². The fourth-order valence-electron chi connectivity index (χ4n) is 3.33. The third-order valence-electron chi connectivity index (χ3n) is 4.53. The zero-order valence-electron chi connectivity index (χ0n) is 14.7. The van der Waals surface area contributed by atoms with Crippen LogP contribution in [0, 0.1) is 0 Å². The van der Waals surface area contributed by atoms with Gasteiger partial charge in [0.25, 0.3) is 5.56 Å². The molecule has 26 heavy (non-hydrogen) atoms. The van der Waals surface area contributed by atoms with Gasteiger partial charge in [0, 0.05) is 30.9 Å². The van der Waals surface area contributed by atoms with E-state index in [-0.39, 0.29) is 11.2 Å². The first kappa shape index (κ1) is 17.7. The van der Waals surface area contributed by atoms with E-state index in [0.29, 0.717) is 17.0 Å². The second kappa shape index (κ2) is 6.78. The van der Waals surface area contributed by atoms with Crippen molar-refractivity contribution >= 4 is 33.4 Å². The zero-order chi connectivity index (χ0) is 18.3. The largest absolute Gasteiger partial charge is 0.373 e. The number of aromatic nitrogens is 2. The van der Waals surface area contributed by atoms with Gasteiger partial charge in [-0.15, -0.1) is 0 Å². The predicted octanol–water partition coefficient (Wildman–Crippen LogP) is 3.71. The molecular formula is C19H20ClN3O2S. The summed E-state index contributed by atoms with van der Waals surface area (Å²) in [6, 6.07) is 9.34. The number of morpholine rings is 1. The summed E-state index contributed by atoms with van der Waals surface area (Å²) in [5.41, 5.74) is 1.64. The third kappa shape index (κ3) is 3.42. The normalized spacial score (nSPS) is 17.7. The molecule has 1 aromatic carbocycles. The van der Waals surface area contributed by atoms with Gasteiger partial charge in [-0.05, 0) is 61.3 Å². The molecule has 0 amide bonds. The monoisotopic (exact) mass is 389 g/mol. The quantitative estimate of drug-likeness (QED) is 0.685. The van der Waals surface area contributed by atoms with Crippen molar-refractivity contribution in [2.75, 3.05) is 19.7 Å². The summed E-state index contributed by atoms with van der Waals surface area (Å²) in [6.45, 7) is 7.36. The molecule has 0 N–H and O–H groups in total. The lowest BCUT2D eigenvalue weighted by Gasteiger charge is -2.38. The second-order valence-corrected chi connectivity index (χ2v) is 8.48. The molecule has 2 aromatic heterocycles. The Labute approximate surface area is 160 Å². The minimum atomic E-state index is -0.156. The van der Waals surface area contributed by atoms with E-state index in [4.69, 9.17) is 16.3 Å². The molecule has 136 valence electrons. The first-order valence-corrected chi connectivity index (χ1v) is 9.70. The fourth-order valence-corrected chi connectivity index (χ4v) is 4.44. The molecular weight excluding hydrogens is 370 g/mol. The molecule has 7 heteroatoms. The summed E-state index contributed by atoms with van der Waals surface area (Å²) < 4.78 is 7.46. The Morgan fingerprint density at radius 1 is 1.35 bits per heavy atom. The molecule has 3 heterocycles. The van der Waals surface area contributed by atoms with Gasteiger partial charge in [0.15, 0.2) is 0 Å². The first-order chi connectivity index (χ1) is 12.4. The number of ether oxygens (including phenoxy) is 1. The minimum Gasteiger partial charge on any atom is -0.373 e. The van der Waals surface area contributed by atoms with E-state index in [0.717, 1.165) is 35.7 Å². The van der Waals surface area contributed by atoms with Crippen molar-refractivity contribution in [3.8, 4) is 5.69 Å². The number of benzene rings is 1. The van der Waals surface area contributed by atoms with Crippen LogP contribution in [0.15, 0.2) is 41.3 Å². The van der Waals surface area contributed by atoms with Crippen molar-refractivity contribution in [1.82, 2.24) is 13.8 Å². The van der Waals surface area contributed by atoms with E-state index in [1.54, 1.807) is 16.2 Å². The van der Waals surface area contributed by atoms with Crippen LogP contribution in [0.1, 0.15) is 19.4 Å². The Kier molecular flexibility index (Phi) is 4.61. The van der Waals surface area contributed by atoms with E-state index in [9.17, 15) is 4.79 Å². The van der Waals surface area contributed by atoms with E-state index in [1.807, 2.05) is 24.3 Å². The average Bonchev–Trinajstić information content (AvgIpc) is 2.93. The van der Waals surface area contributed by atoms with Crippen LogP contribution in [0.5, 0.6) is 0 Å². The molecule has 0 atom stereocenters. The summed E-state index contributed by atoms with van der Waals surface area (Å²) in [4.78, 5) is 20.0. The van der Waals surface area contributed by atoms with Crippen molar-refractivity contribution < 1.29 is 4.74 Å². The lowest BCUT2D eigenvalue weighted by Crippen LogP contribution is -2.47. The van der Waals surface area contributed by atoms with Gasteiger partial charge in [0.2, 0.25) is 0 Å². The van der Waals surface area contributed by atoms with E-state index in [1.165, 1.54) is 11.5 Å². The maximum absolute atomic E-state index is 12.7. The van der Waals surface area contributed by atoms with E-state index < -0.39 is 0 Å². The lowest BCUT2D eigenvalue weighted by atomic mass is 10.1. The highest BCUT2D eigenvalue weighted by Crippen LogP contribution is 2.26. The van der Waals surface area contributed by atoms with Crippen LogP contribution in [-0.4, -0.2) is 39.1 Å². The van der Waals surface area contributed by atoms with Crippen LogP contribution in [0.3, 0.4) is 0 Å². The molecule has 3 aromatic rings. The van der Waals surface area contributed by atoms with Gasteiger partial charge in [-0.1, -0.05) is 11.6 Å². The Bertz CT molecular complexity index is 1010. The molecule has 1 saturated heterocycles. The first-order valence-electron chi connectivity index (χ1n) is 8.55. The zero-order valence-corrected chi connectivity index (χ0v) is 16.3. The SMILES string of the molecule is CC1(C)CN(Cc2cc(-n3sc4ncccc4c3=O)ccc2Cl)CCO1. The molecule has 1 fully saturated rings. The molecule has 5 nitrogen and oxygen atoms in total. The van der Waals surface area contributed by atoms with Crippen molar-refractivity contribution in [3.63, 3.8) is 0 Å². The fraction of sp³-hybridized carbons (Fsp3) is 0.368. The smallest absolute Gasteiger partial charge is 0.274 e. The van der Waals surface area contributed by atoms with Gasteiger partial charge in [0.1, 0.15) is 4.83 Å². The van der Waals surface area contributed by atoms with Crippen LogP contribution in [0.4, 0.5) is 0 Å². The van der Waals surface area contributed by atoms with Crippen molar-refractivity contribution in [3.05, 3.63) is 57.5 Å². The Balaban J connectivity index is 1.68. The van der Waals surface area contributed by atoms with Crippen molar-refractivity contribution in [2.45, 2.75) is 26.0 Å². The molecule has 0 saturated carbocycles. The summed E-state index contributed by atoms with van der Waals surface area (Å²) in [6.07, 6.45) is 1.70. The minimum absolute atomic E-state index is 0.0427. The number of fused-ring (bicyclic) bond motifs is 1. The number of pyridine rings is 1. The van der Waals surface area contributed by atoms with Crippen LogP contribution < -0.4 is 5.56 Å². The standard InChI is InChI=1S/C19H20ClN3O2S/c1-19(2)12-22(8-9-25-19)11-13-10-14(5-6-16(13)20)23-18(24)15-4-3-7-21-17(15)26-23/h3-7,10H,8-9,11-12H2,1-2H3. The maximum Gasteiger partial charge on any atom is 0.274 e. The van der Waals surface area contributed by atoms with Crippen LogP contribution in [-0.2, 0) is 11.3 Å². The Morgan fingerprint density at radius 3 is 2.96 bits per heavy atom. The molecule has 1 aliphatic heterocycles. The molecule has 1 aliphatic rings. The van der Waals surface area contributed by atoms with Gasteiger partial charge in [-0.2, -0.15) is 0 Å². The highest BCUT2D eigenvalue weighted by Gasteiger charge is 2.27. The molecule has 0 unspecified atom stereocenters. The van der Waals surface area contributed by atoms with Crippen LogP contribution in [0.2, 0.25) is 5.02 Å². The predicted molar refractivity (Wildman–Crippen MR) is 106 cm³/mol. The molecule has 0 spiro atoms. The topological polar surface area (TPSA) is 47.4 Å². The van der Waals surface area contributed by atoms with Gasteiger partial charge < -0.3 is 4.74 Å². The lowest BCUT2D eigenvalue weighted by molar-refractivity contribution is -0.0882. The number of hydrogen-bond donors (Lipinski definition) is 0. The van der Waals surface area contributed by atoms with E-state index >= 15 is 0 Å². The van der Waals surface area contributed by atoms with Gasteiger partial charge in [0.05, 0.1) is 23.3 Å². The Morgan fingerprint density at radius 2 is 2.19 bits per heavy atom. The number of nitrogens with zero attached hydrogens (tertiary/aromatic N) is 3. The van der Waals surface area contributed by atoms with Crippen molar-refractivity contribution in [1.29, 1.82) is 0 Å². The average molecular weight is 390 g/mol. The van der Waals surface area contributed by atoms with Crippen LogP contribution >= 0.6 is 23.1 Å². The summed E-state index contributed by atoms with van der Waals surface area (Å²) in [7, 11) is 0. The molecule has 4 rings (SSSR count). The third-order valence-corrected chi connectivity index (χ3v) is 5.95. The van der Waals surface area contributed by atoms with Gasteiger partial charge >= 0.3 is 0 Å². The second-order valence-electron chi connectivity index (χ2n) is 7.14. The van der Waals surface area contributed by atoms with Crippen molar-refractivity contribution in [2.24, 2.45) is 0 Å². The number of rotatable bonds is 3. The molecule has 0 aliphatic carbocycles.